The second kappa shape index (κ2) is 13.5. The summed E-state index contributed by atoms with van der Waals surface area (Å²) in [6.07, 6.45) is -2.61. The molecule has 0 aliphatic carbocycles. The van der Waals surface area contributed by atoms with Gasteiger partial charge >= 0.3 is 12.1 Å². The second-order valence-electron chi connectivity index (χ2n) is 7.40. The average molecular weight is 489 g/mol. The van der Waals surface area contributed by atoms with Crippen LogP contribution in [-0.2, 0) is 32.1 Å². The van der Waals surface area contributed by atoms with E-state index in [0.29, 0.717) is 5.56 Å². The van der Waals surface area contributed by atoms with Gasteiger partial charge in [0.2, 0.25) is 5.91 Å². The predicted octanol–water partition coefficient (Wildman–Crippen LogP) is 1.48. The van der Waals surface area contributed by atoms with Gasteiger partial charge in [0.05, 0.1) is 31.7 Å². The number of aliphatic hydroxyl groups excluding tert-OH is 1. The van der Waals surface area contributed by atoms with E-state index in [2.05, 4.69) is 10.6 Å². The van der Waals surface area contributed by atoms with Crippen LogP contribution in [0.15, 0.2) is 48.5 Å². The quantitative estimate of drug-likeness (QED) is 0.227. The summed E-state index contributed by atoms with van der Waals surface area (Å²) in [5.41, 5.74) is 0.883. The number of nitro benzene ring substituents is 1. The Balaban J connectivity index is 1.90. The van der Waals surface area contributed by atoms with Crippen molar-refractivity contribution < 1.29 is 38.6 Å². The van der Waals surface area contributed by atoms with Gasteiger partial charge in [-0.15, -0.1) is 0 Å². The summed E-state index contributed by atoms with van der Waals surface area (Å²) in [5, 5.41) is 26.0. The highest BCUT2D eigenvalue weighted by atomic mass is 16.6. The number of hydrogen-bond donors (Lipinski definition) is 3. The van der Waals surface area contributed by atoms with E-state index >= 15 is 0 Å². The van der Waals surface area contributed by atoms with Gasteiger partial charge in [-0.3, -0.25) is 14.9 Å². The Hall–Kier alpha value is -4.19. The largest absolute Gasteiger partial charge is 0.496 e. The fraction of sp³-hybridized carbons (Fsp3) is 0.348. The number of benzene rings is 2. The Labute approximate surface area is 201 Å². The number of alkyl carbamates (subject to hydrolysis) is 1. The Bertz CT molecular complexity index is 1030. The second-order valence-corrected chi connectivity index (χ2v) is 7.40. The normalized spacial score (nSPS) is 12.1. The summed E-state index contributed by atoms with van der Waals surface area (Å²) in [6, 6.07) is 11.7. The van der Waals surface area contributed by atoms with Gasteiger partial charge in [0.15, 0.2) is 0 Å². The number of carbonyl (C=O) groups is 3. The topological polar surface area (TPSA) is 166 Å². The van der Waals surface area contributed by atoms with Crippen molar-refractivity contribution in [2.45, 2.75) is 31.6 Å². The van der Waals surface area contributed by atoms with Crippen LogP contribution in [0.4, 0.5) is 10.5 Å². The number of hydrogen-bond acceptors (Lipinski definition) is 9. The third-order valence-corrected chi connectivity index (χ3v) is 4.84. The van der Waals surface area contributed by atoms with E-state index in [9.17, 15) is 29.6 Å². The summed E-state index contributed by atoms with van der Waals surface area (Å²) in [6.45, 7) is -0.214. The molecule has 35 heavy (non-hydrogen) atoms. The van der Waals surface area contributed by atoms with E-state index in [0.717, 1.165) is 12.7 Å². The summed E-state index contributed by atoms with van der Waals surface area (Å²) in [4.78, 5) is 46.9. The molecule has 2 amide bonds. The van der Waals surface area contributed by atoms with Gasteiger partial charge in [-0.2, -0.15) is 0 Å². The number of aliphatic hydroxyl groups is 1. The van der Waals surface area contributed by atoms with Gasteiger partial charge < -0.3 is 30.0 Å². The lowest BCUT2D eigenvalue weighted by Crippen LogP contribution is -2.45. The Kier molecular flexibility index (Phi) is 10.4. The third-order valence-electron chi connectivity index (χ3n) is 4.84. The molecule has 0 unspecified atom stereocenters. The summed E-state index contributed by atoms with van der Waals surface area (Å²) < 4.78 is 14.9. The van der Waals surface area contributed by atoms with Crippen LogP contribution in [0.1, 0.15) is 17.5 Å². The zero-order valence-corrected chi connectivity index (χ0v) is 19.3. The van der Waals surface area contributed by atoms with Crippen LogP contribution in [0.2, 0.25) is 0 Å². The number of nitrogens with zero attached hydrogens (tertiary/aromatic N) is 1. The molecule has 188 valence electrons. The number of ether oxygens (including phenoxy) is 3. The molecule has 2 aromatic carbocycles. The molecule has 0 saturated heterocycles. The lowest BCUT2D eigenvalue weighted by atomic mass is 10.0. The number of rotatable bonds is 12. The molecule has 0 aromatic heterocycles. The van der Waals surface area contributed by atoms with Crippen molar-refractivity contribution in [3.8, 4) is 5.75 Å². The molecule has 0 fully saturated rings. The van der Waals surface area contributed by atoms with E-state index in [1.807, 2.05) is 6.07 Å². The first-order valence-corrected chi connectivity index (χ1v) is 10.5. The van der Waals surface area contributed by atoms with E-state index in [1.54, 1.807) is 24.3 Å². The molecular formula is C23H27N3O9. The minimum absolute atomic E-state index is 0.0468. The summed E-state index contributed by atoms with van der Waals surface area (Å²) in [5.74, 6) is -1.20. The molecule has 2 atom stereocenters. The minimum atomic E-state index is -1.26. The highest BCUT2D eigenvalue weighted by molar-refractivity contribution is 5.85. The Morgan fingerprint density at radius 1 is 1.11 bits per heavy atom. The molecule has 0 aliphatic rings. The van der Waals surface area contributed by atoms with Crippen molar-refractivity contribution in [3.63, 3.8) is 0 Å². The van der Waals surface area contributed by atoms with Crippen LogP contribution in [0.25, 0.3) is 0 Å². The maximum Gasteiger partial charge on any atom is 0.407 e. The van der Waals surface area contributed by atoms with Crippen molar-refractivity contribution in [2.24, 2.45) is 0 Å². The van der Waals surface area contributed by atoms with Crippen molar-refractivity contribution in [1.82, 2.24) is 10.6 Å². The first-order valence-electron chi connectivity index (χ1n) is 10.5. The van der Waals surface area contributed by atoms with Crippen LogP contribution in [0.3, 0.4) is 0 Å². The maximum atomic E-state index is 12.4. The standard InChI is InChI=1S/C23H27N3O9/c1-33-20-9-8-17(26(31)32)10-16(20)11-19(22(29)34-2)25-21(28)12-18(27)13-24-23(30)35-14-15-6-4-3-5-7-15/h3-10,18-19,27H,11-14H2,1-2H3,(H,24,30)(H,25,28)/t18-,19-/m1/s1. The SMILES string of the molecule is COC(=O)[C@@H](Cc1cc([N+](=O)[O-])ccc1OC)NC(=O)C[C@@H](O)CNC(=O)OCc1ccccc1. The van der Waals surface area contributed by atoms with E-state index in [4.69, 9.17) is 14.2 Å². The van der Waals surface area contributed by atoms with E-state index in [1.165, 1.54) is 25.3 Å². The molecule has 0 spiro atoms. The fourth-order valence-electron chi connectivity index (χ4n) is 3.11. The number of nitro groups is 1. The van der Waals surface area contributed by atoms with Gasteiger partial charge in [-0.25, -0.2) is 9.59 Å². The molecule has 0 bridgehead atoms. The van der Waals surface area contributed by atoms with Crippen molar-refractivity contribution in [1.29, 1.82) is 0 Å². The predicted molar refractivity (Wildman–Crippen MR) is 123 cm³/mol. The molecular weight excluding hydrogens is 462 g/mol. The number of non-ortho nitro benzene ring substituents is 1. The molecule has 0 heterocycles. The van der Waals surface area contributed by atoms with Gasteiger partial charge in [-0.05, 0) is 11.6 Å². The first-order chi connectivity index (χ1) is 16.7. The highest BCUT2D eigenvalue weighted by Crippen LogP contribution is 2.25. The Morgan fingerprint density at radius 2 is 1.83 bits per heavy atom. The molecule has 2 rings (SSSR count). The maximum absolute atomic E-state index is 12.4. The zero-order valence-electron chi connectivity index (χ0n) is 19.3. The van der Waals surface area contributed by atoms with Gasteiger partial charge in [-0.1, -0.05) is 30.3 Å². The molecule has 3 N–H and O–H groups in total. The number of nitrogens with one attached hydrogen (secondary N) is 2. The molecule has 12 heteroatoms. The smallest absolute Gasteiger partial charge is 0.407 e. The van der Waals surface area contributed by atoms with Crippen molar-refractivity contribution >= 4 is 23.7 Å². The number of esters is 1. The van der Waals surface area contributed by atoms with Crippen molar-refractivity contribution in [3.05, 3.63) is 69.8 Å². The number of amides is 2. The van der Waals surface area contributed by atoms with Crippen LogP contribution >= 0.6 is 0 Å². The van der Waals surface area contributed by atoms with Gasteiger partial charge in [0.25, 0.3) is 5.69 Å². The van der Waals surface area contributed by atoms with Crippen LogP contribution in [0, 0.1) is 10.1 Å². The van der Waals surface area contributed by atoms with Gasteiger partial charge in [0, 0.05) is 30.7 Å². The van der Waals surface area contributed by atoms with E-state index in [-0.39, 0.29) is 31.0 Å². The van der Waals surface area contributed by atoms with Crippen LogP contribution in [-0.4, -0.2) is 60.9 Å². The molecule has 12 nitrogen and oxygen atoms in total. The summed E-state index contributed by atoms with van der Waals surface area (Å²) in [7, 11) is 2.50. The molecule has 0 saturated carbocycles. The molecule has 0 radical (unpaired) electrons. The van der Waals surface area contributed by atoms with Gasteiger partial charge in [0.1, 0.15) is 18.4 Å². The lowest BCUT2D eigenvalue weighted by molar-refractivity contribution is -0.384. The van der Waals surface area contributed by atoms with Crippen LogP contribution in [0.5, 0.6) is 5.75 Å². The average Bonchev–Trinajstić information content (AvgIpc) is 2.85. The number of carbonyl (C=O) groups excluding carboxylic acids is 3. The number of methoxy groups -OCH3 is 2. The van der Waals surface area contributed by atoms with Crippen molar-refractivity contribution in [2.75, 3.05) is 20.8 Å². The Morgan fingerprint density at radius 3 is 2.46 bits per heavy atom. The highest BCUT2D eigenvalue weighted by Gasteiger charge is 2.25. The fourth-order valence-corrected chi connectivity index (χ4v) is 3.11. The van der Waals surface area contributed by atoms with E-state index < -0.39 is 41.5 Å². The first kappa shape index (κ1) is 27.1. The van der Waals surface area contributed by atoms with Crippen LogP contribution < -0.4 is 15.4 Å². The molecule has 0 aliphatic heterocycles. The zero-order chi connectivity index (χ0) is 25.8. The monoisotopic (exact) mass is 489 g/mol. The minimum Gasteiger partial charge on any atom is -0.496 e. The molecule has 2 aromatic rings. The third kappa shape index (κ3) is 8.93. The lowest BCUT2D eigenvalue weighted by Gasteiger charge is -2.19. The summed E-state index contributed by atoms with van der Waals surface area (Å²) >= 11 is 0.